The molecule has 0 heterocycles. The summed E-state index contributed by atoms with van der Waals surface area (Å²) in [4.78, 5) is 0. The van der Waals surface area contributed by atoms with E-state index in [0.29, 0.717) is 0 Å². The molecule has 0 radical (unpaired) electrons. The van der Waals surface area contributed by atoms with Crippen molar-refractivity contribution in [2.45, 2.75) is 32.3 Å². The minimum atomic E-state index is -0.714. The Kier molecular flexibility index (Phi) is 3.58. The van der Waals surface area contributed by atoms with Crippen molar-refractivity contribution in [2.75, 3.05) is 7.11 Å². The normalized spacial score (nSPS) is 11.8. The lowest BCUT2D eigenvalue weighted by molar-refractivity contribution is 0.0285. The van der Waals surface area contributed by atoms with Crippen LogP contribution in [-0.4, -0.2) is 12.2 Å². The van der Waals surface area contributed by atoms with Gasteiger partial charge in [0, 0.05) is 0 Å². The fraction of sp³-hybridized carbons (Fsp3) is 0.375. The van der Waals surface area contributed by atoms with E-state index in [4.69, 9.17) is 4.74 Å². The van der Waals surface area contributed by atoms with Gasteiger partial charge in [-0.2, -0.15) is 0 Å². The molecule has 0 amide bonds. The summed E-state index contributed by atoms with van der Waals surface area (Å²) in [5, 5.41) is 12.8. The highest BCUT2D eigenvalue weighted by Crippen LogP contribution is 2.31. The predicted octanol–water partition coefficient (Wildman–Crippen LogP) is 3.86. The summed E-state index contributed by atoms with van der Waals surface area (Å²) in [5.74, 6) is 0.858. The van der Waals surface area contributed by atoms with Crippen molar-refractivity contribution in [1.29, 1.82) is 0 Å². The van der Waals surface area contributed by atoms with Crippen LogP contribution in [0.4, 0.5) is 0 Å². The number of ether oxygens (including phenoxy) is 1. The third-order valence-electron chi connectivity index (χ3n) is 3.75. The topological polar surface area (TPSA) is 29.5 Å². The molecule has 18 heavy (non-hydrogen) atoms. The zero-order chi connectivity index (χ0) is 13.2. The number of aliphatic hydroxyl groups is 1. The van der Waals surface area contributed by atoms with Gasteiger partial charge in [-0.25, -0.2) is 0 Å². The van der Waals surface area contributed by atoms with Crippen LogP contribution in [0.15, 0.2) is 36.4 Å². The molecule has 0 aromatic heterocycles. The zero-order valence-corrected chi connectivity index (χ0v) is 11.2. The highest BCUT2D eigenvalue weighted by molar-refractivity contribution is 5.84. The van der Waals surface area contributed by atoms with Crippen LogP contribution in [0, 0.1) is 0 Å². The fourth-order valence-corrected chi connectivity index (χ4v) is 2.30. The van der Waals surface area contributed by atoms with Crippen molar-refractivity contribution in [3.63, 3.8) is 0 Å². The number of methoxy groups -OCH3 is 1. The molecular weight excluding hydrogens is 224 g/mol. The van der Waals surface area contributed by atoms with Crippen molar-refractivity contribution >= 4 is 10.8 Å². The van der Waals surface area contributed by atoms with E-state index in [9.17, 15) is 5.11 Å². The molecule has 0 fully saturated rings. The first-order valence-electron chi connectivity index (χ1n) is 6.43. The van der Waals surface area contributed by atoms with Gasteiger partial charge in [-0.1, -0.05) is 32.0 Å². The van der Waals surface area contributed by atoms with E-state index in [1.807, 2.05) is 44.2 Å². The first-order valence-corrected chi connectivity index (χ1v) is 6.43. The maximum Gasteiger partial charge on any atom is 0.119 e. The quantitative estimate of drug-likeness (QED) is 0.885. The molecule has 0 bridgehead atoms. The van der Waals surface area contributed by atoms with Crippen LogP contribution < -0.4 is 4.74 Å². The molecule has 2 rings (SSSR count). The second-order valence-electron chi connectivity index (χ2n) is 4.67. The number of hydrogen-bond acceptors (Lipinski definition) is 2. The van der Waals surface area contributed by atoms with Crippen LogP contribution in [0.3, 0.4) is 0 Å². The molecule has 2 aromatic carbocycles. The predicted molar refractivity (Wildman–Crippen MR) is 75.0 cm³/mol. The van der Waals surface area contributed by atoms with Gasteiger partial charge in [0.1, 0.15) is 5.75 Å². The largest absolute Gasteiger partial charge is 0.497 e. The van der Waals surface area contributed by atoms with E-state index < -0.39 is 5.60 Å². The molecule has 96 valence electrons. The Balaban J connectivity index is 2.51. The Hall–Kier alpha value is -1.54. The number of rotatable bonds is 4. The lowest BCUT2D eigenvalue weighted by atomic mass is 9.87. The van der Waals surface area contributed by atoms with E-state index in [0.717, 1.165) is 34.9 Å². The molecular formula is C16H20O2. The molecule has 0 saturated carbocycles. The molecule has 2 heteroatoms. The number of benzene rings is 2. The monoisotopic (exact) mass is 244 g/mol. The highest BCUT2D eigenvalue weighted by atomic mass is 16.5. The summed E-state index contributed by atoms with van der Waals surface area (Å²) in [6.07, 6.45) is 1.45. The SMILES string of the molecule is CCC(O)(CC)c1ccc2cc(OC)ccc2c1. The Morgan fingerprint density at radius 2 is 1.61 bits per heavy atom. The van der Waals surface area contributed by atoms with E-state index in [1.54, 1.807) is 7.11 Å². The Morgan fingerprint density at radius 3 is 2.22 bits per heavy atom. The molecule has 0 atom stereocenters. The van der Waals surface area contributed by atoms with Gasteiger partial charge in [-0.15, -0.1) is 0 Å². The molecule has 0 spiro atoms. The van der Waals surface area contributed by atoms with Crippen LogP contribution >= 0.6 is 0 Å². The van der Waals surface area contributed by atoms with Crippen molar-refractivity contribution in [1.82, 2.24) is 0 Å². The molecule has 0 aliphatic carbocycles. The van der Waals surface area contributed by atoms with Gasteiger partial charge in [0.15, 0.2) is 0 Å². The second-order valence-corrected chi connectivity index (χ2v) is 4.67. The first kappa shape index (κ1) is 12.9. The molecule has 0 aliphatic rings. The lowest BCUT2D eigenvalue weighted by Gasteiger charge is -2.26. The number of fused-ring (bicyclic) bond motifs is 1. The van der Waals surface area contributed by atoms with Crippen LogP contribution in [-0.2, 0) is 5.60 Å². The van der Waals surface area contributed by atoms with Gasteiger partial charge < -0.3 is 9.84 Å². The van der Waals surface area contributed by atoms with Crippen molar-refractivity contribution < 1.29 is 9.84 Å². The van der Waals surface area contributed by atoms with Crippen molar-refractivity contribution in [3.8, 4) is 5.75 Å². The Morgan fingerprint density at radius 1 is 1.00 bits per heavy atom. The van der Waals surface area contributed by atoms with Gasteiger partial charge in [-0.3, -0.25) is 0 Å². The summed E-state index contributed by atoms with van der Waals surface area (Å²) in [6.45, 7) is 4.03. The van der Waals surface area contributed by atoms with Gasteiger partial charge in [0.25, 0.3) is 0 Å². The fourth-order valence-electron chi connectivity index (χ4n) is 2.30. The second kappa shape index (κ2) is 4.99. The molecule has 0 aliphatic heterocycles. The minimum absolute atomic E-state index is 0.714. The third-order valence-corrected chi connectivity index (χ3v) is 3.75. The van der Waals surface area contributed by atoms with Crippen LogP contribution in [0.1, 0.15) is 32.3 Å². The van der Waals surface area contributed by atoms with Crippen LogP contribution in [0.2, 0.25) is 0 Å². The molecule has 1 N–H and O–H groups in total. The minimum Gasteiger partial charge on any atom is -0.497 e. The van der Waals surface area contributed by atoms with Gasteiger partial charge in [-0.05, 0) is 47.4 Å². The van der Waals surface area contributed by atoms with Gasteiger partial charge >= 0.3 is 0 Å². The van der Waals surface area contributed by atoms with E-state index in [2.05, 4.69) is 6.07 Å². The Labute approximate surface area is 108 Å². The average molecular weight is 244 g/mol. The smallest absolute Gasteiger partial charge is 0.119 e. The maximum atomic E-state index is 10.5. The van der Waals surface area contributed by atoms with Crippen molar-refractivity contribution in [3.05, 3.63) is 42.0 Å². The zero-order valence-electron chi connectivity index (χ0n) is 11.2. The Bertz CT molecular complexity index is 542. The van der Waals surface area contributed by atoms with Gasteiger partial charge in [0.2, 0.25) is 0 Å². The maximum absolute atomic E-state index is 10.5. The van der Waals surface area contributed by atoms with E-state index in [-0.39, 0.29) is 0 Å². The average Bonchev–Trinajstić information content (AvgIpc) is 2.45. The number of hydrogen-bond donors (Lipinski definition) is 1. The van der Waals surface area contributed by atoms with E-state index >= 15 is 0 Å². The van der Waals surface area contributed by atoms with E-state index in [1.165, 1.54) is 0 Å². The summed E-state index contributed by atoms with van der Waals surface area (Å²) in [6, 6.07) is 12.1. The summed E-state index contributed by atoms with van der Waals surface area (Å²) >= 11 is 0. The molecule has 0 saturated heterocycles. The van der Waals surface area contributed by atoms with Crippen LogP contribution in [0.25, 0.3) is 10.8 Å². The molecule has 2 nitrogen and oxygen atoms in total. The summed E-state index contributed by atoms with van der Waals surface area (Å²) in [7, 11) is 1.67. The summed E-state index contributed by atoms with van der Waals surface area (Å²) in [5.41, 5.74) is 0.277. The summed E-state index contributed by atoms with van der Waals surface area (Å²) < 4.78 is 5.21. The lowest BCUT2D eigenvalue weighted by Crippen LogP contribution is -2.23. The molecule has 2 aromatic rings. The van der Waals surface area contributed by atoms with Gasteiger partial charge in [0.05, 0.1) is 12.7 Å². The highest BCUT2D eigenvalue weighted by Gasteiger charge is 2.24. The first-order chi connectivity index (χ1) is 8.62. The molecule has 0 unspecified atom stereocenters. The third kappa shape index (κ3) is 2.21. The van der Waals surface area contributed by atoms with Crippen LogP contribution in [0.5, 0.6) is 5.75 Å². The standard InChI is InChI=1S/C16H20O2/c1-4-16(17,5-2)14-8-6-13-11-15(18-3)9-7-12(13)10-14/h6-11,17H,4-5H2,1-3H3. The van der Waals surface area contributed by atoms with Crippen molar-refractivity contribution in [2.24, 2.45) is 0 Å².